The van der Waals surface area contributed by atoms with Gasteiger partial charge in [-0.25, -0.2) is 4.98 Å². The molecule has 108 valence electrons. The fraction of sp³-hybridized carbons (Fsp3) is 0.267. The maximum atomic E-state index is 12.1. The topological polar surface area (TPSA) is 62.3 Å². The second kappa shape index (κ2) is 5.65. The van der Waals surface area contributed by atoms with Crippen molar-refractivity contribution >= 4 is 29.0 Å². The molecular formula is C15H15N3O2S. The highest BCUT2D eigenvalue weighted by Crippen LogP contribution is 2.22. The minimum atomic E-state index is -0.157. The van der Waals surface area contributed by atoms with E-state index in [-0.39, 0.29) is 17.7 Å². The van der Waals surface area contributed by atoms with Gasteiger partial charge in [0.2, 0.25) is 5.91 Å². The van der Waals surface area contributed by atoms with Gasteiger partial charge in [0.25, 0.3) is 5.91 Å². The van der Waals surface area contributed by atoms with Gasteiger partial charge in [-0.05, 0) is 30.0 Å². The lowest BCUT2D eigenvalue weighted by atomic mass is 9.99. The molecule has 1 N–H and O–H groups in total. The summed E-state index contributed by atoms with van der Waals surface area (Å²) in [7, 11) is 0. The van der Waals surface area contributed by atoms with E-state index in [0.29, 0.717) is 18.9 Å². The second-order valence-corrected chi connectivity index (χ2v) is 5.99. The molecule has 0 aliphatic carbocycles. The number of hydrogen-bond donors (Lipinski definition) is 1. The zero-order chi connectivity index (χ0) is 14.8. The Hall–Kier alpha value is -2.21. The molecule has 6 heteroatoms. The molecule has 1 fully saturated rings. The van der Waals surface area contributed by atoms with Crippen molar-refractivity contribution < 1.29 is 9.59 Å². The number of carbonyl (C=O) groups excluding carboxylic acids is 2. The number of anilines is 1. The third-order valence-electron chi connectivity index (χ3n) is 3.52. The van der Waals surface area contributed by atoms with Crippen molar-refractivity contribution in [2.75, 3.05) is 18.4 Å². The molecule has 3 heterocycles. The van der Waals surface area contributed by atoms with Gasteiger partial charge >= 0.3 is 0 Å². The average molecular weight is 301 g/mol. The molecule has 2 amide bonds. The van der Waals surface area contributed by atoms with Crippen LogP contribution in [0.4, 0.5) is 5.82 Å². The first kappa shape index (κ1) is 13.8. The first-order valence-corrected chi connectivity index (χ1v) is 7.58. The number of rotatable bonds is 3. The number of hydrogen-bond acceptors (Lipinski definition) is 4. The molecule has 0 unspecified atom stereocenters. The van der Waals surface area contributed by atoms with E-state index in [2.05, 4.69) is 10.3 Å². The highest BCUT2D eigenvalue weighted by molar-refractivity contribution is 7.12. The largest absolute Gasteiger partial charge is 0.336 e. The summed E-state index contributed by atoms with van der Waals surface area (Å²) in [6, 6.07) is 7.38. The number of aromatic nitrogens is 1. The first-order chi connectivity index (χ1) is 10.1. The molecule has 0 radical (unpaired) electrons. The van der Waals surface area contributed by atoms with Crippen molar-refractivity contribution in [3.05, 3.63) is 46.3 Å². The van der Waals surface area contributed by atoms with Gasteiger partial charge in [0.1, 0.15) is 5.82 Å². The molecule has 0 aromatic carbocycles. The normalized spacial score (nSPS) is 14.6. The monoisotopic (exact) mass is 301 g/mol. The number of pyridine rings is 1. The van der Waals surface area contributed by atoms with E-state index in [9.17, 15) is 9.59 Å². The molecule has 0 atom stereocenters. The van der Waals surface area contributed by atoms with Gasteiger partial charge in [0.05, 0.1) is 10.8 Å². The van der Waals surface area contributed by atoms with Gasteiger partial charge in [0, 0.05) is 19.3 Å². The predicted molar refractivity (Wildman–Crippen MR) is 81.3 cm³/mol. The standard InChI is InChI=1S/C15H15N3O2S/c1-10-4-2-6-16-13(10)17-14(19)11-8-18(9-11)15(20)12-5-3-7-21-12/h2-7,11H,8-9H2,1H3,(H,16,17,19). The molecule has 0 bridgehead atoms. The Balaban J connectivity index is 1.55. The van der Waals surface area contributed by atoms with E-state index in [4.69, 9.17) is 0 Å². The maximum absolute atomic E-state index is 12.1. The highest BCUT2D eigenvalue weighted by atomic mass is 32.1. The van der Waals surface area contributed by atoms with Crippen LogP contribution in [0.15, 0.2) is 35.8 Å². The average Bonchev–Trinajstić information content (AvgIpc) is 2.93. The van der Waals surface area contributed by atoms with Crippen molar-refractivity contribution in [2.45, 2.75) is 6.92 Å². The van der Waals surface area contributed by atoms with E-state index in [1.54, 1.807) is 17.2 Å². The third kappa shape index (κ3) is 2.80. The fourth-order valence-corrected chi connectivity index (χ4v) is 2.89. The Morgan fingerprint density at radius 2 is 2.14 bits per heavy atom. The molecule has 5 nitrogen and oxygen atoms in total. The van der Waals surface area contributed by atoms with Crippen LogP contribution in [0, 0.1) is 12.8 Å². The number of likely N-dealkylation sites (tertiary alicyclic amines) is 1. The Bertz CT molecular complexity index is 663. The Kier molecular flexibility index (Phi) is 3.70. The second-order valence-electron chi connectivity index (χ2n) is 5.04. The molecule has 1 aliphatic heterocycles. The highest BCUT2D eigenvalue weighted by Gasteiger charge is 2.36. The molecule has 1 aliphatic rings. The van der Waals surface area contributed by atoms with Crippen LogP contribution in [0.3, 0.4) is 0 Å². The Morgan fingerprint density at radius 1 is 1.33 bits per heavy atom. The van der Waals surface area contributed by atoms with Crippen molar-refractivity contribution in [3.63, 3.8) is 0 Å². The van der Waals surface area contributed by atoms with Gasteiger partial charge in [-0.15, -0.1) is 11.3 Å². The van der Waals surface area contributed by atoms with Crippen molar-refractivity contribution in [1.29, 1.82) is 0 Å². The number of nitrogens with zero attached hydrogens (tertiary/aromatic N) is 2. The van der Waals surface area contributed by atoms with Crippen LogP contribution in [0.25, 0.3) is 0 Å². The SMILES string of the molecule is Cc1cccnc1NC(=O)C1CN(C(=O)c2cccs2)C1. The summed E-state index contributed by atoms with van der Waals surface area (Å²) < 4.78 is 0. The van der Waals surface area contributed by atoms with Gasteiger partial charge < -0.3 is 10.2 Å². The molecule has 0 saturated carbocycles. The first-order valence-electron chi connectivity index (χ1n) is 6.70. The number of carbonyl (C=O) groups is 2. The minimum absolute atomic E-state index is 0.00284. The summed E-state index contributed by atoms with van der Waals surface area (Å²) >= 11 is 1.42. The Morgan fingerprint density at radius 3 is 2.81 bits per heavy atom. The van der Waals surface area contributed by atoms with Crippen LogP contribution in [-0.4, -0.2) is 34.8 Å². The number of nitrogens with one attached hydrogen (secondary N) is 1. The Labute approximate surface area is 126 Å². The van der Waals surface area contributed by atoms with E-state index >= 15 is 0 Å². The predicted octanol–water partition coefficient (Wildman–Crippen LogP) is 2.16. The number of thiophene rings is 1. The van der Waals surface area contributed by atoms with Crippen LogP contribution in [-0.2, 0) is 4.79 Å². The van der Waals surface area contributed by atoms with Gasteiger partial charge in [0.15, 0.2) is 0 Å². The lowest BCUT2D eigenvalue weighted by Gasteiger charge is -2.37. The molecule has 2 aromatic rings. The molecule has 0 spiro atoms. The van der Waals surface area contributed by atoms with Crippen molar-refractivity contribution in [3.8, 4) is 0 Å². The van der Waals surface area contributed by atoms with Crippen LogP contribution >= 0.6 is 11.3 Å². The van der Waals surface area contributed by atoms with E-state index in [1.807, 2.05) is 30.5 Å². The summed E-state index contributed by atoms with van der Waals surface area (Å²) in [5.74, 6) is 0.357. The summed E-state index contributed by atoms with van der Waals surface area (Å²) in [5, 5.41) is 4.70. The van der Waals surface area contributed by atoms with Gasteiger partial charge in [-0.2, -0.15) is 0 Å². The van der Waals surface area contributed by atoms with E-state index in [1.165, 1.54) is 11.3 Å². The summed E-state index contributed by atoms with van der Waals surface area (Å²) in [6.07, 6.45) is 1.65. The zero-order valence-corrected chi connectivity index (χ0v) is 12.4. The van der Waals surface area contributed by atoms with Crippen LogP contribution < -0.4 is 5.32 Å². The third-order valence-corrected chi connectivity index (χ3v) is 4.38. The van der Waals surface area contributed by atoms with Crippen molar-refractivity contribution in [2.24, 2.45) is 5.92 Å². The molecule has 21 heavy (non-hydrogen) atoms. The summed E-state index contributed by atoms with van der Waals surface area (Å²) in [6.45, 7) is 2.83. The lowest BCUT2D eigenvalue weighted by Crippen LogP contribution is -2.54. The molecule has 1 saturated heterocycles. The smallest absolute Gasteiger partial charge is 0.263 e. The van der Waals surface area contributed by atoms with Crippen LogP contribution in [0.1, 0.15) is 15.2 Å². The maximum Gasteiger partial charge on any atom is 0.263 e. The summed E-state index contributed by atoms with van der Waals surface area (Å²) in [5.41, 5.74) is 0.927. The van der Waals surface area contributed by atoms with Gasteiger partial charge in [-0.1, -0.05) is 12.1 Å². The molecular weight excluding hydrogens is 286 g/mol. The zero-order valence-electron chi connectivity index (χ0n) is 11.6. The lowest BCUT2D eigenvalue weighted by molar-refractivity contribution is -0.123. The number of aryl methyl sites for hydroxylation is 1. The van der Waals surface area contributed by atoms with Gasteiger partial charge in [-0.3, -0.25) is 9.59 Å². The minimum Gasteiger partial charge on any atom is -0.336 e. The molecule has 3 rings (SSSR count). The summed E-state index contributed by atoms with van der Waals surface area (Å²) in [4.78, 5) is 30.7. The van der Waals surface area contributed by atoms with E-state index in [0.717, 1.165) is 10.4 Å². The fourth-order valence-electron chi connectivity index (χ4n) is 2.20. The molecule has 2 aromatic heterocycles. The number of amides is 2. The van der Waals surface area contributed by atoms with E-state index < -0.39 is 0 Å². The van der Waals surface area contributed by atoms with Crippen LogP contribution in [0.5, 0.6) is 0 Å². The van der Waals surface area contributed by atoms with Crippen molar-refractivity contribution in [1.82, 2.24) is 9.88 Å². The quantitative estimate of drug-likeness (QED) is 0.945. The van der Waals surface area contributed by atoms with Crippen LogP contribution in [0.2, 0.25) is 0 Å².